The molecule has 1 aliphatic carbocycles. The second-order valence-corrected chi connectivity index (χ2v) is 3.94. The highest BCUT2D eigenvalue weighted by Gasteiger charge is 2.27. The number of nitrogens with two attached hydrogens (primary N) is 1. The lowest BCUT2D eigenvalue weighted by Crippen LogP contribution is -2.21. The van der Waals surface area contributed by atoms with Gasteiger partial charge in [0.25, 0.3) is 0 Å². The van der Waals surface area contributed by atoms with Crippen LogP contribution in [-0.2, 0) is 13.1 Å². The van der Waals surface area contributed by atoms with E-state index in [9.17, 15) is 0 Å². The van der Waals surface area contributed by atoms with E-state index in [0.29, 0.717) is 6.04 Å². The minimum Gasteiger partial charge on any atom is -0.384 e. The Balaban J connectivity index is 2.01. The lowest BCUT2D eigenvalue weighted by molar-refractivity contribution is 0.291. The molecule has 0 radical (unpaired) electrons. The van der Waals surface area contributed by atoms with Gasteiger partial charge >= 0.3 is 0 Å². The van der Waals surface area contributed by atoms with Gasteiger partial charge in [0.15, 0.2) is 0 Å². The van der Waals surface area contributed by atoms with Crippen LogP contribution in [-0.4, -0.2) is 9.78 Å². The highest BCUT2D eigenvalue weighted by molar-refractivity contribution is 5.45. The van der Waals surface area contributed by atoms with Gasteiger partial charge in [-0.15, -0.1) is 0 Å². The lowest BCUT2D eigenvalue weighted by atomic mass is 9.93. The molecule has 2 heterocycles. The molecule has 0 unspecified atom stereocenters. The number of nitrogens with zero attached hydrogens (tertiary/aromatic N) is 2. The first-order chi connectivity index (χ1) is 6.36. The molecule has 13 heavy (non-hydrogen) atoms. The highest BCUT2D eigenvalue weighted by Crippen LogP contribution is 2.35. The molecule has 1 saturated carbocycles. The SMILES string of the molecule is Nc1c2c(nn1C1CCC1)CNC2. The Hall–Kier alpha value is -1.03. The minimum atomic E-state index is 0.589. The number of hydrogen-bond donors (Lipinski definition) is 2. The van der Waals surface area contributed by atoms with Gasteiger partial charge < -0.3 is 11.1 Å². The van der Waals surface area contributed by atoms with Gasteiger partial charge in [-0.05, 0) is 19.3 Å². The number of fused-ring (bicyclic) bond motifs is 1. The van der Waals surface area contributed by atoms with E-state index in [-0.39, 0.29) is 0 Å². The molecule has 0 bridgehead atoms. The Morgan fingerprint density at radius 1 is 1.38 bits per heavy atom. The van der Waals surface area contributed by atoms with Gasteiger partial charge in [-0.2, -0.15) is 5.10 Å². The molecule has 0 aromatic carbocycles. The average Bonchev–Trinajstić information content (AvgIpc) is 2.54. The zero-order chi connectivity index (χ0) is 8.84. The number of anilines is 1. The van der Waals surface area contributed by atoms with Crippen molar-refractivity contribution >= 4 is 5.82 Å². The smallest absolute Gasteiger partial charge is 0.126 e. The molecule has 1 aliphatic heterocycles. The van der Waals surface area contributed by atoms with Gasteiger partial charge in [0, 0.05) is 18.7 Å². The monoisotopic (exact) mass is 178 g/mol. The average molecular weight is 178 g/mol. The van der Waals surface area contributed by atoms with Crippen LogP contribution in [0, 0.1) is 0 Å². The van der Waals surface area contributed by atoms with E-state index in [1.807, 2.05) is 4.68 Å². The van der Waals surface area contributed by atoms with Crippen molar-refractivity contribution in [3.8, 4) is 0 Å². The quantitative estimate of drug-likeness (QED) is 0.668. The fraction of sp³-hybridized carbons (Fsp3) is 0.667. The topological polar surface area (TPSA) is 55.9 Å². The van der Waals surface area contributed by atoms with Crippen LogP contribution < -0.4 is 11.1 Å². The number of hydrogen-bond acceptors (Lipinski definition) is 3. The van der Waals surface area contributed by atoms with Crippen molar-refractivity contribution in [2.75, 3.05) is 5.73 Å². The molecular formula is C9H14N4. The molecule has 1 aromatic rings. The molecule has 4 heteroatoms. The Morgan fingerprint density at radius 3 is 2.85 bits per heavy atom. The standard InChI is InChI=1S/C9H14N4/c10-9-7-4-11-5-8(7)12-13(9)6-2-1-3-6/h6,11H,1-5,10H2. The maximum Gasteiger partial charge on any atom is 0.126 e. The van der Waals surface area contributed by atoms with E-state index in [1.54, 1.807) is 0 Å². The minimum absolute atomic E-state index is 0.589. The second-order valence-electron chi connectivity index (χ2n) is 3.94. The summed E-state index contributed by atoms with van der Waals surface area (Å²) in [4.78, 5) is 0. The van der Waals surface area contributed by atoms with Gasteiger partial charge in [0.1, 0.15) is 5.82 Å². The number of nitrogens with one attached hydrogen (secondary N) is 1. The predicted octanol–water partition coefficient (Wildman–Crippen LogP) is 0.793. The number of nitrogen functional groups attached to an aromatic ring is 1. The van der Waals surface area contributed by atoms with E-state index < -0.39 is 0 Å². The highest BCUT2D eigenvalue weighted by atomic mass is 15.3. The lowest BCUT2D eigenvalue weighted by Gasteiger charge is -2.26. The molecule has 3 rings (SSSR count). The Kier molecular flexibility index (Phi) is 1.41. The molecule has 0 amide bonds. The molecule has 70 valence electrons. The fourth-order valence-electron chi connectivity index (χ4n) is 2.08. The molecule has 0 spiro atoms. The summed E-state index contributed by atoms with van der Waals surface area (Å²) >= 11 is 0. The molecule has 4 nitrogen and oxygen atoms in total. The van der Waals surface area contributed by atoms with Crippen LogP contribution in [0.4, 0.5) is 5.82 Å². The van der Waals surface area contributed by atoms with E-state index >= 15 is 0 Å². The summed E-state index contributed by atoms with van der Waals surface area (Å²) < 4.78 is 2.04. The van der Waals surface area contributed by atoms with Gasteiger partial charge in [-0.3, -0.25) is 0 Å². The Bertz CT molecular complexity index is 338. The summed E-state index contributed by atoms with van der Waals surface area (Å²) in [5.74, 6) is 0.893. The third-order valence-electron chi connectivity index (χ3n) is 3.15. The zero-order valence-corrected chi connectivity index (χ0v) is 7.58. The van der Waals surface area contributed by atoms with Crippen LogP contribution in [0.5, 0.6) is 0 Å². The van der Waals surface area contributed by atoms with Crippen LogP contribution in [0.15, 0.2) is 0 Å². The first-order valence-corrected chi connectivity index (χ1v) is 4.92. The summed E-state index contributed by atoms with van der Waals surface area (Å²) in [6.45, 7) is 1.78. The van der Waals surface area contributed by atoms with E-state index in [1.165, 1.54) is 24.8 Å². The third kappa shape index (κ3) is 0.920. The summed E-state index contributed by atoms with van der Waals surface area (Å²) in [5.41, 5.74) is 8.41. The molecule has 1 fully saturated rings. The van der Waals surface area contributed by atoms with Gasteiger partial charge in [0.05, 0.1) is 11.7 Å². The molecule has 0 atom stereocenters. The zero-order valence-electron chi connectivity index (χ0n) is 7.58. The van der Waals surface area contributed by atoms with Crippen LogP contribution in [0.3, 0.4) is 0 Å². The Morgan fingerprint density at radius 2 is 2.23 bits per heavy atom. The number of rotatable bonds is 1. The van der Waals surface area contributed by atoms with Crippen molar-refractivity contribution in [2.45, 2.75) is 38.4 Å². The molecule has 2 aliphatic rings. The van der Waals surface area contributed by atoms with Gasteiger partial charge in [-0.1, -0.05) is 0 Å². The van der Waals surface area contributed by atoms with Crippen molar-refractivity contribution in [1.29, 1.82) is 0 Å². The van der Waals surface area contributed by atoms with Crippen LogP contribution in [0.25, 0.3) is 0 Å². The van der Waals surface area contributed by atoms with Crippen molar-refractivity contribution in [3.63, 3.8) is 0 Å². The van der Waals surface area contributed by atoms with Crippen molar-refractivity contribution in [1.82, 2.24) is 15.1 Å². The van der Waals surface area contributed by atoms with Crippen molar-refractivity contribution in [2.24, 2.45) is 0 Å². The maximum atomic E-state index is 6.03. The molecule has 1 aromatic heterocycles. The largest absolute Gasteiger partial charge is 0.384 e. The normalized spacial score (nSPS) is 21.5. The van der Waals surface area contributed by atoms with E-state index in [2.05, 4.69) is 10.4 Å². The first kappa shape index (κ1) is 7.38. The van der Waals surface area contributed by atoms with E-state index in [4.69, 9.17) is 5.73 Å². The fourth-order valence-corrected chi connectivity index (χ4v) is 2.08. The number of aromatic nitrogens is 2. The van der Waals surface area contributed by atoms with Crippen molar-refractivity contribution in [3.05, 3.63) is 11.3 Å². The first-order valence-electron chi connectivity index (χ1n) is 4.92. The van der Waals surface area contributed by atoms with E-state index in [0.717, 1.165) is 24.6 Å². The molecule has 3 N–H and O–H groups in total. The van der Waals surface area contributed by atoms with Crippen LogP contribution in [0.2, 0.25) is 0 Å². The van der Waals surface area contributed by atoms with Crippen molar-refractivity contribution < 1.29 is 0 Å². The maximum absolute atomic E-state index is 6.03. The van der Waals surface area contributed by atoms with Crippen LogP contribution in [0.1, 0.15) is 36.6 Å². The van der Waals surface area contributed by atoms with Gasteiger partial charge in [0.2, 0.25) is 0 Å². The van der Waals surface area contributed by atoms with Crippen LogP contribution >= 0.6 is 0 Å². The molecular weight excluding hydrogens is 164 g/mol. The Labute approximate surface area is 77.1 Å². The third-order valence-corrected chi connectivity index (χ3v) is 3.15. The predicted molar refractivity (Wildman–Crippen MR) is 50.1 cm³/mol. The molecule has 0 saturated heterocycles. The van der Waals surface area contributed by atoms with Gasteiger partial charge in [-0.25, -0.2) is 4.68 Å². The second kappa shape index (κ2) is 2.48. The summed E-state index contributed by atoms with van der Waals surface area (Å²) in [6, 6.07) is 0.589. The summed E-state index contributed by atoms with van der Waals surface area (Å²) in [5, 5.41) is 7.80. The summed E-state index contributed by atoms with van der Waals surface area (Å²) in [6.07, 6.45) is 3.82. The summed E-state index contributed by atoms with van der Waals surface area (Å²) in [7, 11) is 0.